The summed E-state index contributed by atoms with van der Waals surface area (Å²) < 4.78 is 0. The first-order valence-corrected chi connectivity index (χ1v) is 7.96. The van der Waals surface area contributed by atoms with Crippen molar-refractivity contribution in [1.82, 2.24) is 4.90 Å². The Morgan fingerprint density at radius 3 is 2.52 bits per heavy atom. The van der Waals surface area contributed by atoms with E-state index in [9.17, 15) is 24.5 Å². The monoisotopic (exact) mass is 347 g/mol. The quantitative estimate of drug-likeness (QED) is 0.490. The highest BCUT2D eigenvalue weighted by Gasteiger charge is 2.44. The number of carbonyl (C=O) groups is 3. The van der Waals surface area contributed by atoms with Crippen molar-refractivity contribution in [3.05, 3.63) is 34.4 Å². The molecule has 0 radical (unpaired) electrons. The van der Waals surface area contributed by atoms with Gasteiger partial charge in [0.2, 0.25) is 5.91 Å². The summed E-state index contributed by atoms with van der Waals surface area (Å²) in [5.74, 6) is -2.09. The van der Waals surface area contributed by atoms with Crippen LogP contribution < -0.4 is 4.90 Å². The maximum Gasteiger partial charge on any atom is 0.306 e. The van der Waals surface area contributed by atoms with Gasteiger partial charge in [0, 0.05) is 12.1 Å². The number of nitro groups is 1. The summed E-state index contributed by atoms with van der Waals surface area (Å²) in [5, 5.41) is 19.9. The number of likely N-dealkylation sites (tertiary alicyclic amines) is 1. The second-order valence-corrected chi connectivity index (χ2v) is 6.21. The van der Waals surface area contributed by atoms with Gasteiger partial charge in [0.25, 0.3) is 11.6 Å². The number of amides is 2. The molecule has 1 N–H and O–H groups in total. The molecule has 0 unspecified atom stereocenters. The van der Waals surface area contributed by atoms with Crippen molar-refractivity contribution < 1.29 is 24.4 Å². The number of hydrogen-bond donors (Lipinski definition) is 1. The lowest BCUT2D eigenvalue weighted by Gasteiger charge is -2.33. The third kappa shape index (κ3) is 3.22. The Bertz CT molecular complexity index is 741. The van der Waals surface area contributed by atoms with Gasteiger partial charge in [-0.25, -0.2) is 4.90 Å². The topological polar surface area (TPSA) is 121 Å². The largest absolute Gasteiger partial charge is 0.481 e. The maximum absolute atomic E-state index is 12.7. The number of carboxylic acids is 1. The zero-order valence-corrected chi connectivity index (χ0v) is 13.3. The van der Waals surface area contributed by atoms with Gasteiger partial charge in [0.1, 0.15) is 0 Å². The number of aliphatic carboxylic acids is 1. The number of rotatable bonds is 4. The number of piperidine rings is 1. The third-order valence-corrected chi connectivity index (χ3v) is 4.74. The molecule has 2 saturated heterocycles. The molecule has 0 spiro atoms. The zero-order valence-electron chi connectivity index (χ0n) is 13.3. The first-order chi connectivity index (χ1) is 11.9. The second kappa shape index (κ2) is 6.60. The van der Waals surface area contributed by atoms with E-state index in [2.05, 4.69) is 0 Å². The summed E-state index contributed by atoms with van der Waals surface area (Å²) in [6.07, 6.45) is 0.869. The normalized spacial score (nSPS) is 22.4. The summed E-state index contributed by atoms with van der Waals surface area (Å²) in [6, 6.07) is 4.78. The lowest BCUT2D eigenvalue weighted by atomic mass is 9.96. The lowest BCUT2D eigenvalue weighted by molar-refractivity contribution is -0.384. The van der Waals surface area contributed by atoms with E-state index < -0.39 is 34.7 Å². The minimum absolute atomic E-state index is 0.000731. The van der Waals surface area contributed by atoms with E-state index in [0.29, 0.717) is 25.9 Å². The van der Waals surface area contributed by atoms with Crippen LogP contribution in [0.25, 0.3) is 0 Å². The van der Waals surface area contributed by atoms with Crippen LogP contribution in [-0.2, 0) is 14.4 Å². The molecule has 2 heterocycles. The molecule has 25 heavy (non-hydrogen) atoms. The summed E-state index contributed by atoms with van der Waals surface area (Å²) in [6.45, 7) is 0.868. The Kier molecular flexibility index (Phi) is 4.49. The number of benzene rings is 1. The summed E-state index contributed by atoms with van der Waals surface area (Å²) >= 11 is 0. The molecule has 0 aliphatic carbocycles. The number of non-ortho nitro benzene ring substituents is 1. The van der Waals surface area contributed by atoms with Crippen molar-refractivity contribution in [2.45, 2.75) is 25.3 Å². The highest BCUT2D eigenvalue weighted by molar-refractivity contribution is 6.22. The standard InChI is InChI=1S/C16H17N3O6/c20-14-9-13(17-6-4-10(5-7-17)16(22)23)15(21)18(14)11-2-1-3-12(8-11)19(24)25/h1-3,8,10,13H,4-7,9H2,(H,22,23)/t13-/m1/s1. The van der Waals surface area contributed by atoms with Gasteiger partial charge in [-0.3, -0.25) is 29.4 Å². The molecule has 1 aromatic carbocycles. The van der Waals surface area contributed by atoms with Gasteiger partial charge in [0.15, 0.2) is 0 Å². The average molecular weight is 347 g/mol. The molecule has 0 bridgehead atoms. The molecule has 3 rings (SSSR count). The third-order valence-electron chi connectivity index (χ3n) is 4.74. The second-order valence-electron chi connectivity index (χ2n) is 6.21. The number of hydrogen-bond acceptors (Lipinski definition) is 6. The van der Waals surface area contributed by atoms with E-state index in [0.717, 1.165) is 4.90 Å². The van der Waals surface area contributed by atoms with Crippen LogP contribution in [-0.4, -0.2) is 51.8 Å². The first kappa shape index (κ1) is 17.0. The van der Waals surface area contributed by atoms with Gasteiger partial charge < -0.3 is 5.11 Å². The van der Waals surface area contributed by atoms with Gasteiger partial charge in [-0.15, -0.1) is 0 Å². The van der Waals surface area contributed by atoms with Crippen molar-refractivity contribution in [1.29, 1.82) is 0 Å². The smallest absolute Gasteiger partial charge is 0.306 e. The molecule has 9 heteroatoms. The molecule has 132 valence electrons. The number of carbonyl (C=O) groups excluding carboxylic acids is 2. The zero-order chi connectivity index (χ0) is 18.1. The van der Waals surface area contributed by atoms with E-state index >= 15 is 0 Å². The van der Waals surface area contributed by atoms with Crippen LogP contribution in [0.2, 0.25) is 0 Å². The maximum atomic E-state index is 12.7. The minimum atomic E-state index is -0.841. The molecule has 2 aliphatic rings. The fourth-order valence-corrected chi connectivity index (χ4v) is 3.38. The molecule has 1 atom stereocenters. The number of nitrogens with zero attached hydrogens (tertiary/aromatic N) is 3. The van der Waals surface area contributed by atoms with Crippen LogP contribution >= 0.6 is 0 Å². The fraction of sp³-hybridized carbons (Fsp3) is 0.438. The molecular formula is C16H17N3O6. The van der Waals surface area contributed by atoms with Crippen molar-refractivity contribution in [3.63, 3.8) is 0 Å². The first-order valence-electron chi connectivity index (χ1n) is 7.96. The summed E-state index contributed by atoms with van der Waals surface area (Å²) in [7, 11) is 0. The molecule has 2 amide bonds. The minimum Gasteiger partial charge on any atom is -0.481 e. The Morgan fingerprint density at radius 2 is 1.92 bits per heavy atom. The Balaban J connectivity index is 1.76. The van der Waals surface area contributed by atoms with Crippen LogP contribution in [0.15, 0.2) is 24.3 Å². The number of imide groups is 1. The van der Waals surface area contributed by atoms with Gasteiger partial charge in [-0.05, 0) is 32.0 Å². The van der Waals surface area contributed by atoms with E-state index in [-0.39, 0.29) is 17.8 Å². The van der Waals surface area contributed by atoms with Crippen molar-refractivity contribution >= 4 is 29.2 Å². The highest BCUT2D eigenvalue weighted by atomic mass is 16.6. The van der Waals surface area contributed by atoms with Gasteiger partial charge in [-0.2, -0.15) is 0 Å². The fourth-order valence-electron chi connectivity index (χ4n) is 3.38. The predicted octanol–water partition coefficient (Wildman–Crippen LogP) is 1.02. The van der Waals surface area contributed by atoms with Crippen molar-refractivity contribution in [2.75, 3.05) is 18.0 Å². The predicted molar refractivity (Wildman–Crippen MR) is 85.9 cm³/mol. The van der Waals surface area contributed by atoms with Crippen molar-refractivity contribution in [2.24, 2.45) is 5.92 Å². The van der Waals surface area contributed by atoms with Crippen molar-refractivity contribution in [3.8, 4) is 0 Å². The van der Waals surface area contributed by atoms with Gasteiger partial charge in [-0.1, -0.05) is 6.07 Å². The van der Waals surface area contributed by atoms with E-state index in [1.165, 1.54) is 24.3 Å². The van der Waals surface area contributed by atoms with E-state index in [1.54, 1.807) is 0 Å². The molecule has 9 nitrogen and oxygen atoms in total. The molecule has 0 saturated carbocycles. The molecule has 1 aromatic rings. The van der Waals surface area contributed by atoms with E-state index in [4.69, 9.17) is 5.11 Å². The lowest BCUT2D eigenvalue weighted by Crippen LogP contribution is -2.46. The van der Waals surface area contributed by atoms with Crippen LogP contribution in [0.3, 0.4) is 0 Å². The summed E-state index contributed by atoms with van der Waals surface area (Å²) in [4.78, 5) is 49.1. The van der Waals surface area contributed by atoms with Gasteiger partial charge >= 0.3 is 5.97 Å². The Morgan fingerprint density at radius 1 is 1.24 bits per heavy atom. The summed E-state index contributed by atoms with van der Waals surface area (Å²) in [5.41, 5.74) is -0.00376. The van der Waals surface area contributed by atoms with E-state index in [1.807, 2.05) is 4.90 Å². The van der Waals surface area contributed by atoms with Crippen LogP contribution in [0, 0.1) is 16.0 Å². The number of anilines is 1. The molecule has 0 aromatic heterocycles. The SMILES string of the molecule is O=C(O)C1CCN([C@@H]2CC(=O)N(c3cccc([N+](=O)[O-])c3)C2=O)CC1. The average Bonchev–Trinajstić information content (AvgIpc) is 2.89. The molecule has 2 aliphatic heterocycles. The van der Waals surface area contributed by atoms with Crippen LogP contribution in [0.4, 0.5) is 11.4 Å². The Labute approximate surface area is 143 Å². The highest BCUT2D eigenvalue weighted by Crippen LogP contribution is 2.30. The van der Waals surface area contributed by atoms with Gasteiger partial charge in [0.05, 0.1) is 29.0 Å². The van der Waals surface area contributed by atoms with Crippen LogP contribution in [0.1, 0.15) is 19.3 Å². The molecular weight excluding hydrogens is 330 g/mol. The van der Waals surface area contributed by atoms with Crippen LogP contribution in [0.5, 0.6) is 0 Å². The number of nitro benzene ring substituents is 1. The number of carboxylic acid groups (broad SMARTS) is 1. The molecule has 2 fully saturated rings. The Hall–Kier alpha value is -2.81.